The summed E-state index contributed by atoms with van der Waals surface area (Å²) in [5, 5.41) is 17.8. The Morgan fingerprint density at radius 1 is 1.04 bits per heavy atom. The van der Waals surface area contributed by atoms with Crippen molar-refractivity contribution in [1.29, 1.82) is 0 Å². The summed E-state index contributed by atoms with van der Waals surface area (Å²) in [6.45, 7) is 3.88. The van der Waals surface area contributed by atoms with Crippen LogP contribution >= 0.6 is 0 Å². The number of amides is 2. The zero-order valence-electron chi connectivity index (χ0n) is 16.7. The molecule has 1 saturated carbocycles. The quantitative estimate of drug-likeness (QED) is 0.719. The molecule has 0 saturated heterocycles. The molecule has 5 nitrogen and oxygen atoms in total. The van der Waals surface area contributed by atoms with Crippen LogP contribution in [0.5, 0.6) is 0 Å². The van der Waals surface area contributed by atoms with Gasteiger partial charge in [0.05, 0.1) is 12.5 Å². The van der Waals surface area contributed by atoms with Gasteiger partial charge in [-0.05, 0) is 47.9 Å². The zero-order chi connectivity index (χ0) is 20.1. The van der Waals surface area contributed by atoms with Gasteiger partial charge in [0.1, 0.15) is 6.04 Å². The highest BCUT2D eigenvalue weighted by molar-refractivity contribution is 5.92. The van der Waals surface area contributed by atoms with Gasteiger partial charge in [-0.1, -0.05) is 56.3 Å². The Kier molecular flexibility index (Phi) is 6.68. The fourth-order valence-electron chi connectivity index (χ4n) is 3.89. The van der Waals surface area contributed by atoms with Gasteiger partial charge in [-0.3, -0.25) is 9.59 Å². The molecule has 0 heterocycles. The molecular weight excluding hydrogens is 352 g/mol. The summed E-state index contributed by atoms with van der Waals surface area (Å²) in [5.74, 6) is -0.294. The molecule has 1 aliphatic rings. The van der Waals surface area contributed by atoms with Crippen LogP contribution in [0.25, 0.3) is 10.8 Å². The first kappa shape index (κ1) is 20.3. The van der Waals surface area contributed by atoms with Crippen molar-refractivity contribution in [2.75, 3.05) is 0 Å². The van der Waals surface area contributed by atoms with E-state index in [1.807, 2.05) is 56.3 Å². The van der Waals surface area contributed by atoms with Gasteiger partial charge in [-0.2, -0.15) is 0 Å². The summed E-state index contributed by atoms with van der Waals surface area (Å²) in [4.78, 5) is 25.4. The topological polar surface area (TPSA) is 78.4 Å². The number of fused-ring (bicyclic) bond motifs is 1. The van der Waals surface area contributed by atoms with E-state index in [9.17, 15) is 14.7 Å². The maximum atomic E-state index is 12.7. The lowest BCUT2D eigenvalue weighted by Gasteiger charge is -2.29. The van der Waals surface area contributed by atoms with Crippen molar-refractivity contribution < 1.29 is 14.7 Å². The first-order valence-electron chi connectivity index (χ1n) is 10.2. The highest BCUT2D eigenvalue weighted by atomic mass is 16.3. The minimum absolute atomic E-state index is 0.00866. The molecule has 150 valence electrons. The van der Waals surface area contributed by atoms with E-state index in [0.717, 1.165) is 29.2 Å². The SMILES string of the molecule is CC(C)[C@H](NC(=O)Cc1cccc2ccccc12)C(=O)NC1CCC(O)CC1. The maximum Gasteiger partial charge on any atom is 0.243 e. The number of hydrogen-bond donors (Lipinski definition) is 3. The number of aliphatic hydroxyl groups is 1. The molecule has 28 heavy (non-hydrogen) atoms. The number of aliphatic hydroxyl groups excluding tert-OH is 1. The van der Waals surface area contributed by atoms with Crippen LogP contribution in [-0.2, 0) is 16.0 Å². The lowest BCUT2D eigenvalue weighted by molar-refractivity contribution is -0.130. The summed E-state index contributed by atoms with van der Waals surface area (Å²) in [7, 11) is 0. The van der Waals surface area contributed by atoms with Crippen molar-refractivity contribution in [3.63, 3.8) is 0 Å². The Labute approximate surface area is 166 Å². The van der Waals surface area contributed by atoms with Gasteiger partial charge in [0, 0.05) is 6.04 Å². The fraction of sp³-hybridized carbons (Fsp3) is 0.478. The highest BCUT2D eigenvalue weighted by Gasteiger charge is 2.28. The molecule has 0 unspecified atom stereocenters. The second-order valence-corrected chi connectivity index (χ2v) is 8.12. The second-order valence-electron chi connectivity index (χ2n) is 8.12. The van der Waals surface area contributed by atoms with E-state index >= 15 is 0 Å². The van der Waals surface area contributed by atoms with E-state index in [-0.39, 0.29) is 36.3 Å². The van der Waals surface area contributed by atoms with Crippen LogP contribution in [0.2, 0.25) is 0 Å². The van der Waals surface area contributed by atoms with Gasteiger partial charge < -0.3 is 15.7 Å². The summed E-state index contributed by atoms with van der Waals surface area (Å²) in [6, 6.07) is 13.5. The lowest BCUT2D eigenvalue weighted by Crippen LogP contribution is -2.53. The first-order chi connectivity index (χ1) is 13.4. The summed E-state index contributed by atoms with van der Waals surface area (Å²) in [6.07, 6.45) is 2.97. The molecule has 0 radical (unpaired) electrons. The van der Waals surface area contributed by atoms with E-state index in [4.69, 9.17) is 0 Å². The first-order valence-corrected chi connectivity index (χ1v) is 10.2. The third-order valence-corrected chi connectivity index (χ3v) is 5.54. The molecule has 0 spiro atoms. The Hall–Kier alpha value is -2.40. The number of carbonyl (C=O) groups excluding carboxylic acids is 2. The molecule has 2 aromatic rings. The van der Waals surface area contributed by atoms with Crippen molar-refractivity contribution in [2.24, 2.45) is 5.92 Å². The van der Waals surface area contributed by atoms with Crippen molar-refractivity contribution >= 4 is 22.6 Å². The molecule has 3 N–H and O–H groups in total. The molecule has 2 amide bonds. The van der Waals surface area contributed by atoms with Crippen molar-refractivity contribution in [3.8, 4) is 0 Å². The average Bonchev–Trinajstić information content (AvgIpc) is 2.68. The van der Waals surface area contributed by atoms with E-state index in [1.165, 1.54) is 0 Å². The van der Waals surface area contributed by atoms with Gasteiger partial charge in [-0.25, -0.2) is 0 Å². The largest absolute Gasteiger partial charge is 0.393 e. The Morgan fingerprint density at radius 2 is 1.71 bits per heavy atom. The molecule has 0 aliphatic heterocycles. The van der Waals surface area contributed by atoms with Crippen molar-refractivity contribution in [2.45, 2.75) is 64.1 Å². The smallest absolute Gasteiger partial charge is 0.243 e. The molecular formula is C23H30N2O3. The maximum absolute atomic E-state index is 12.7. The number of benzene rings is 2. The number of rotatable bonds is 6. The monoisotopic (exact) mass is 382 g/mol. The minimum atomic E-state index is -0.561. The van der Waals surface area contributed by atoms with Crippen LogP contribution in [0.1, 0.15) is 45.1 Å². The third-order valence-electron chi connectivity index (χ3n) is 5.54. The van der Waals surface area contributed by atoms with Crippen molar-refractivity contribution in [1.82, 2.24) is 10.6 Å². The molecule has 1 atom stereocenters. The van der Waals surface area contributed by atoms with Gasteiger partial charge in [0.2, 0.25) is 11.8 Å². The van der Waals surface area contributed by atoms with E-state index in [0.29, 0.717) is 12.8 Å². The van der Waals surface area contributed by atoms with E-state index < -0.39 is 6.04 Å². The Morgan fingerprint density at radius 3 is 2.43 bits per heavy atom. The summed E-state index contributed by atoms with van der Waals surface area (Å²) in [5.41, 5.74) is 0.958. The zero-order valence-corrected chi connectivity index (χ0v) is 16.7. The van der Waals surface area contributed by atoms with Crippen LogP contribution in [0.4, 0.5) is 0 Å². The van der Waals surface area contributed by atoms with Gasteiger partial charge >= 0.3 is 0 Å². The molecule has 0 aromatic heterocycles. The predicted octanol–water partition coefficient (Wildman–Crippen LogP) is 2.94. The second kappa shape index (κ2) is 9.20. The van der Waals surface area contributed by atoms with Gasteiger partial charge in [-0.15, -0.1) is 0 Å². The Bertz CT molecular complexity index is 820. The van der Waals surface area contributed by atoms with Crippen molar-refractivity contribution in [3.05, 3.63) is 48.0 Å². The molecule has 2 aromatic carbocycles. The van der Waals surface area contributed by atoms with Crippen LogP contribution < -0.4 is 10.6 Å². The van der Waals surface area contributed by atoms with Crippen LogP contribution in [0.15, 0.2) is 42.5 Å². The molecule has 5 heteroatoms. The lowest BCUT2D eigenvalue weighted by atomic mass is 9.92. The van der Waals surface area contributed by atoms with Crippen LogP contribution in [0.3, 0.4) is 0 Å². The molecule has 1 aliphatic carbocycles. The van der Waals surface area contributed by atoms with E-state index in [2.05, 4.69) is 10.6 Å². The number of carbonyl (C=O) groups is 2. The molecule has 3 rings (SSSR count). The predicted molar refractivity (Wildman–Crippen MR) is 111 cm³/mol. The Balaban J connectivity index is 1.63. The van der Waals surface area contributed by atoms with E-state index in [1.54, 1.807) is 0 Å². The van der Waals surface area contributed by atoms with Crippen LogP contribution in [0, 0.1) is 5.92 Å². The average molecular weight is 383 g/mol. The summed E-state index contributed by atoms with van der Waals surface area (Å²) >= 11 is 0. The minimum Gasteiger partial charge on any atom is -0.393 e. The summed E-state index contributed by atoms with van der Waals surface area (Å²) < 4.78 is 0. The standard InChI is InChI=1S/C23H30N2O3/c1-15(2)22(23(28)24-18-10-12-19(26)13-11-18)25-21(27)14-17-8-5-7-16-6-3-4-9-20(16)17/h3-9,15,18-19,22,26H,10-14H2,1-2H3,(H,24,28)(H,25,27)/t18?,19?,22-/m0/s1. The normalized spacial score (nSPS) is 20.7. The van der Waals surface area contributed by atoms with Gasteiger partial charge in [0.15, 0.2) is 0 Å². The number of hydrogen-bond acceptors (Lipinski definition) is 3. The van der Waals surface area contributed by atoms with Crippen LogP contribution in [-0.4, -0.2) is 35.1 Å². The molecule has 0 bridgehead atoms. The highest BCUT2D eigenvalue weighted by Crippen LogP contribution is 2.20. The fourth-order valence-corrected chi connectivity index (χ4v) is 3.89. The third kappa shape index (κ3) is 5.10. The van der Waals surface area contributed by atoms with Gasteiger partial charge in [0.25, 0.3) is 0 Å². The number of nitrogens with one attached hydrogen (secondary N) is 2. The molecule has 1 fully saturated rings.